The number of fused-ring (bicyclic) bond motifs is 1. The second kappa shape index (κ2) is 8.43. The molecule has 0 N–H and O–H groups in total. The zero-order valence-corrected chi connectivity index (χ0v) is 18.5. The van der Waals surface area contributed by atoms with Crippen LogP contribution in [0.3, 0.4) is 0 Å². The normalized spacial score (nSPS) is 23.4. The number of nitrogens with zero attached hydrogens (tertiary/aromatic N) is 2. The topological polar surface area (TPSA) is 76.0 Å². The maximum atomic E-state index is 13.7. The van der Waals surface area contributed by atoms with Crippen molar-refractivity contribution in [2.45, 2.75) is 23.9 Å². The van der Waals surface area contributed by atoms with Crippen molar-refractivity contribution in [1.29, 1.82) is 0 Å². The molecule has 4 rings (SSSR count). The first-order valence-corrected chi connectivity index (χ1v) is 12.3. The molecule has 2 aromatic carbocycles. The molecule has 32 heavy (non-hydrogen) atoms. The van der Waals surface area contributed by atoms with E-state index in [-0.39, 0.29) is 28.8 Å². The standard InChI is InChI=1S/C21H19F3N2O4S2/c1-30-14-8-6-13(7-9-14)10-19(27)25-20-26(17-11-32(28,29)12-18(17)31-20)16-5-3-2-4-15(16)21(22,23)24/h2-9,17-18H,10-12H2,1H3/t17-,18+/m0/s1. The average Bonchev–Trinajstić information content (AvgIpc) is 3.18. The quantitative estimate of drug-likeness (QED) is 0.661. The molecule has 2 heterocycles. The molecule has 2 aliphatic heterocycles. The number of aliphatic imine (C=N–C) groups is 1. The zero-order chi connectivity index (χ0) is 23.1. The number of ether oxygens (including phenoxy) is 1. The van der Waals surface area contributed by atoms with Crippen molar-refractivity contribution in [3.63, 3.8) is 0 Å². The van der Waals surface area contributed by atoms with Crippen LogP contribution in [0.25, 0.3) is 0 Å². The van der Waals surface area contributed by atoms with Crippen LogP contribution in [0.1, 0.15) is 11.1 Å². The van der Waals surface area contributed by atoms with E-state index in [9.17, 15) is 26.4 Å². The SMILES string of the molecule is COc1ccc(CC(=O)N=C2S[C@@H]3CS(=O)(=O)C[C@@H]3N2c2ccccc2C(F)(F)F)cc1. The smallest absolute Gasteiger partial charge is 0.418 e. The number of para-hydroxylation sites is 1. The van der Waals surface area contributed by atoms with Crippen LogP contribution >= 0.6 is 11.8 Å². The fourth-order valence-electron chi connectivity index (χ4n) is 3.83. The number of rotatable bonds is 4. The van der Waals surface area contributed by atoms with Gasteiger partial charge in [0.15, 0.2) is 15.0 Å². The summed E-state index contributed by atoms with van der Waals surface area (Å²) in [5, 5.41) is -0.404. The van der Waals surface area contributed by atoms with Gasteiger partial charge in [-0.05, 0) is 29.8 Å². The number of amides is 1. The number of thioether (sulfide) groups is 1. The first-order chi connectivity index (χ1) is 15.1. The summed E-state index contributed by atoms with van der Waals surface area (Å²) in [6, 6.07) is 11.0. The molecule has 0 radical (unpaired) electrons. The van der Waals surface area contributed by atoms with Crippen molar-refractivity contribution in [2.75, 3.05) is 23.5 Å². The molecule has 0 spiro atoms. The number of benzene rings is 2. The minimum absolute atomic E-state index is 0.0452. The van der Waals surface area contributed by atoms with Gasteiger partial charge in [-0.3, -0.25) is 4.79 Å². The number of anilines is 1. The Kier molecular flexibility index (Phi) is 5.97. The van der Waals surface area contributed by atoms with Crippen LogP contribution in [0.2, 0.25) is 0 Å². The van der Waals surface area contributed by atoms with E-state index in [0.717, 1.165) is 17.8 Å². The molecule has 2 aromatic rings. The molecule has 170 valence electrons. The Morgan fingerprint density at radius 1 is 1.16 bits per heavy atom. The highest BCUT2D eigenvalue weighted by molar-refractivity contribution is 8.16. The molecule has 2 aliphatic rings. The van der Waals surface area contributed by atoms with Crippen molar-refractivity contribution in [3.8, 4) is 5.75 Å². The van der Waals surface area contributed by atoms with E-state index < -0.39 is 38.8 Å². The lowest BCUT2D eigenvalue weighted by Crippen LogP contribution is -2.39. The second-order valence-corrected chi connectivity index (χ2v) is 10.9. The number of carbonyl (C=O) groups excluding carboxylic acids is 1. The van der Waals surface area contributed by atoms with Gasteiger partial charge < -0.3 is 9.64 Å². The summed E-state index contributed by atoms with van der Waals surface area (Å²) in [6.45, 7) is 0. The molecular formula is C21H19F3N2O4S2. The molecule has 1 amide bonds. The molecule has 0 bridgehead atoms. The van der Waals surface area contributed by atoms with Gasteiger partial charge in [0.2, 0.25) is 0 Å². The number of amidine groups is 1. The van der Waals surface area contributed by atoms with Crippen LogP contribution in [0.4, 0.5) is 18.9 Å². The Bertz CT molecular complexity index is 1160. The van der Waals surface area contributed by atoms with Crippen molar-refractivity contribution in [2.24, 2.45) is 4.99 Å². The third-order valence-electron chi connectivity index (χ3n) is 5.27. The van der Waals surface area contributed by atoms with Gasteiger partial charge in [0, 0.05) is 5.25 Å². The lowest BCUT2D eigenvalue weighted by molar-refractivity contribution is -0.137. The van der Waals surface area contributed by atoms with E-state index in [4.69, 9.17) is 4.74 Å². The molecule has 0 unspecified atom stereocenters. The minimum Gasteiger partial charge on any atom is -0.497 e. The first-order valence-electron chi connectivity index (χ1n) is 9.64. The van der Waals surface area contributed by atoms with Gasteiger partial charge in [-0.2, -0.15) is 18.2 Å². The highest BCUT2D eigenvalue weighted by atomic mass is 32.2. The fourth-order valence-corrected chi connectivity index (χ4v) is 7.76. The molecule has 0 saturated carbocycles. The summed E-state index contributed by atoms with van der Waals surface area (Å²) in [6.07, 6.45) is -4.69. The summed E-state index contributed by atoms with van der Waals surface area (Å²) in [5.41, 5.74) is -0.429. The van der Waals surface area contributed by atoms with Gasteiger partial charge in [0.1, 0.15) is 5.75 Å². The van der Waals surface area contributed by atoms with Crippen LogP contribution < -0.4 is 9.64 Å². The van der Waals surface area contributed by atoms with Gasteiger partial charge in [0.05, 0.1) is 42.3 Å². The van der Waals surface area contributed by atoms with E-state index in [1.54, 1.807) is 24.3 Å². The van der Waals surface area contributed by atoms with Gasteiger partial charge in [-0.1, -0.05) is 36.0 Å². The number of hydrogen-bond donors (Lipinski definition) is 0. The van der Waals surface area contributed by atoms with Crippen molar-refractivity contribution >= 4 is 38.4 Å². The largest absolute Gasteiger partial charge is 0.497 e. The molecular weight excluding hydrogens is 465 g/mol. The first kappa shape index (κ1) is 22.7. The maximum Gasteiger partial charge on any atom is 0.418 e. The lowest BCUT2D eigenvalue weighted by Gasteiger charge is -2.27. The number of methoxy groups -OCH3 is 1. The molecule has 2 saturated heterocycles. The molecule has 11 heteroatoms. The highest BCUT2D eigenvalue weighted by Crippen LogP contribution is 2.45. The van der Waals surface area contributed by atoms with E-state index in [1.165, 1.54) is 30.2 Å². The predicted octanol–water partition coefficient (Wildman–Crippen LogP) is 3.56. The Hall–Kier alpha value is -2.53. The van der Waals surface area contributed by atoms with E-state index in [2.05, 4.69) is 4.99 Å². The van der Waals surface area contributed by atoms with Crippen molar-refractivity contribution in [1.82, 2.24) is 0 Å². The summed E-state index contributed by atoms with van der Waals surface area (Å²) >= 11 is 1.04. The van der Waals surface area contributed by atoms with Crippen LogP contribution in [-0.2, 0) is 27.2 Å². The lowest BCUT2D eigenvalue weighted by atomic mass is 10.1. The zero-order valence-electron chi connectivity index (χ0n) is 16.9. The number of sulfone groups is 1. The van der Waals surface area contributed by atoms with Crippen LogP contribution in [-0.4, -0.2) is 49.4 Å². The van der Waals surface area contributed by atoms with E-state index >= 15 is 0 Å². The maximum absolute atomic E-state index is 13.7. The summed E-state index contributed by atoms with van der Waals surface area (Å²) in [5.74, 6) is -0.362. The average molecular weight is 485 g/mol. The number of halogens is 3. The van der Waals surface area contributed by atoms with E-state index in [1.807, 2.05) is 0 Å². The molecule has 0 aromatic heterocycles. The minimum atomic E-state index is -4.64. The van der Waals surface area contributed by atoms with Gasteiger partial charge >= 0.3 is 6.18 Å². The van der Waals surface area contributed by atoms with Crippen molar-refractivity contribution < 1.29 is 31.1 Å². The van der Waals surface area contributed by atoms with Crippen LogP contribution in [0, 0.1) is 0 Å². The number of alkyl halides is 3. The van der Waals surface area contributed by atoms with Crippen LogP contribution in [0.5, 0.6) is 5.75 Å². The number of carbonyl (C=O) groups is 1. The van der Waals surface area contributed by atoms with Gasteiger partial charge in [-0.15, -0.1) is 0 Å². The van der Waals surface area contributed by atoms with Crippen LogP contribution in [0.15, 0.2) is 53.5 Å². The monoisotopic (exact) mass is 484 g/mol. The summed E-state index contributed by atoms with van der Waals surface area (Å²) in [7, 11) is -1.88. The number of hydrogen-bond acceptors (Lipinski definition) is 5. The highest BCUT2D eigenvalue weighted by Gasteiger charge is 2.51. The Morgan fingerprint density at radius 3 is 2.50 bits per heavy atom. The Labute approximate surface area is 187 Å². The predicted molar refractivity (Wildman–Crippen MR) is 117 cm³/mol. The Morgan fingerprint density at radius 2 is 1.84 bits per heavy atom. The summed E-state index contributed by atoms with van der Waals surface area (Å²) < 4.78 is 70.4. The molecule has 6 nitrogen and oxygen atoms in total. The Balaban J connectivity index is 1.69. The molecule has 2 fully saturated rings. The fraction of sp³-hybridized carbons (Fsp3) is 0.333. The van der Waals surface area contributed by atoms with Gasteiger partial charge in [0.25, 0.3) is 5.91 Å². The van der Waals surface area contributed by atoms with E-state index in [0.29, 0.717) is 11.3 Å². The third kappa shape index (κ3) is 4.63. The molecule has 0 aliphatic carbocycles. The molecule has 2 atom stereocenters. The summed E-state index contributed by atoms with van der Waals surface area (Å²) in [4.78, 5) is 18.0. The van der Waals surface area contributed by atoms with Gasteiger partial charge in [-0.25, -0.2) is 8.42 Å². The second-order valence-electron chi connectivity index (χ2n) is 7.50. The third-order valence-corrected chi connectivity index (χ3v) is 8.48. The van der Waals surface area contributed by atoms with Crippen molar-refractivity contribution in [3.05, 3.63) is 59.7 Å².